The van der Waals surface area contributed by atoms with Crippen LogP contribution in [-0.2, 0) is 4.84 Å². The third-order valence-corrected chi connectivity index (χ3v) is 5.99. The number of rotatable bonds is 7. The molecule has 1 atom stereocenters. The summed E-state index contributed by atoms with van der Waals surface area (Å²) in [5.41, 5.74) is 11.3. The summed E-state index contributed by atoms with van der Waals surface area (Å²) in [6.45, 7) is 5.65. The van der Waals surface area contributed by atoms with Gasteiger partial charge < -0.3 is 10.7 Å². The number of halogens is 2. The fourth-order valence-electron chi connectivity index (χ4n) is 3.79. The highest BCUT2D eigenvalue weighted by Gasteiger charge is 2.32. The van der Waals surface area contributed by atoms with Crippen LogP contribution in [0.25, 0.3) is 10.9 Å². The molecule has 1 saturated carbocycles. The Morgan fingerprint density at radius 2 is 2.06 bits per heavy atom. The molecule has 3 aromatic rings. The number of benzene rings is 2. The number of nitrogens with zero attached hydrogens (tertiary/aromatic N) is 3. The van der Waals surface area contributed by atoms with Crippen molar-refractivity contribution < 1.29 is 10.6 Å². The summed E-state index contributed by atoms with van der Waals surface area (Å²) in [6.07, 6.45) is 5.42. The Morgan fingerprint density at radius 1 is 1.31 bits per heavy atom. The molecule has 0 saturated heterocycles. The fraction of sp³-hybridized carbons (Fsp3) is 0.308. The van der Waals surface area contributed by atoms with E-state index in [-0.39, 0.29) is 5.56 Å². The third-order valence-electron chi connectivity index (χ3n) is 5.70. The van der Waals surface area contributed by atoms with Crippen molar-refractivity contribution in [3.63, 3.8) is 0 Å². The number of anilines is 2. The summed E-state index contributed by atoms with van der Waals surface area (Å²) in [5, 5.41) is 15.8. The number of pyridine rings is 1. The Kier molecular flexibility index (Phi) is 6.01. The highest BCUT2D eigenvalue weighted by molar-refractivity contribution is 6.35. The second-order valence-electron chi connectivity index (χ2n) is 9.75. The summed E-state index contributed by atoms with van der Waals surface area (Å²) in [5.74, 6) is -0.393. The van der Waals surface area contributed by atoms with Gasteiger partial charge in [-0.2, -0.15) is 5.26 Å². The van der Waals surface area contributed by atoms with E-state index in [1.165, 1.54) is 18.3 Å². The zero-order valence-electron chi connectivity index (χ0n) is 21.1. The standard InChI is InChI=1S/C26H27ClFN7O/c1-26(2,3)36-33-23-16(12-29)13-30-25-20(23)10-18(11-21(25)27)31-24(15-4-6-17(28)7-5-15)22-14-35(34-32-22)19-8-9-19/h4-7,10-11,13-14,19,24,31-32,34H,8-9H2,1-3H3,(H,30,33)/i24D. The minimum absolute atomic E-state index is 0.282. The molecule has 0 bridgehead atoms. The van der Waals surface area contributed by atoms with E-state index in [1.807, 2.05) is 32.0 Å². The zero-order chi connectivity index (χ0) is 26.4. The van der Waals surface area contributed by atoms with Gasteiger partial charge in [-0.3, -0.25) is 20.3 Å². The number of nitrogens with one attached hydrogen (secondary N) is 4. The number of hydrogen-bond donors (Lipinski definition) is 4. The van der Waals surface area contributed by atoms with E-state index in [0.717, 1.165) is 12.8 Å². The van der Waals surface area contributed by atoms with E-state index >= 15 is 0 Å². The number of fused-ring (bicyclic) bond motifs is 1. The lowest BCUT2D eigenvalue weighted by Crippen LogP contribution is -2.38. The van der Waals surface area contributed by atoms with Gasteiger partial charge in [0.2, 0.25) is 0 Å². The van der Waals surface area contributed by atoms with Gasteiger partial charge in [-0.05, 0) is 63.4 Å². The van der Waals surface area contributed by atoms with Crippen LogP contribution < -0.4 is 21.8 Å². The summed E-state index contributed by atoms with van der Waals surface area (Å²) in [6, 6.07) is 10.2. The Labute approximate surface area is 215 Å². The Bertz CT molecular complexity index is 1420. The van der Waals surface area contributed by atoms with Crippen molar-refractivity contribution in [2.24, 2.45) is 0 Å². The quantitative estimate of drug-likeness (QED) is 0.310. The van der Waals surface area contributed by atoms with Gasteiger partial charge in [-0.15, -0.1) is 5.53 Å². The van der Waals surface area contributed by atoms with Gasteiger partial charge in [-0.25, -0.2) is 4.39 Å². The van der Waals surface area contributed by atoms with Gasteiger partial charge in [0.25, 0.3) is 0 Å². The maximum atomic E-state index is 13.8. The second kappa shape index (κ2) is 9.47. The van der Waals surface area contributed by atoms with Crippen LogP contribution >= 0.6 is 11.6 Å². The molecular formula is C26H27ClFN7O. The van der Waals surface area contributed by atoms with Crippen molar-refractivity contribution in [2.75, 3.05) is 10.8 Å². The summed E-state index contributed by atoms with van der Waals surface area (Å²) < 4.78 is 23.3. The van der Waals surface area contributed by atoms with Crippen LogP contribution in [0.5, 0.6) is 0 Å². The lowest BCUT2D eigenvalue weighted by Gasteiger charge is -2.23. The predicted molar refractivity (Wildman–Crippen MR) is 138 cm³/mol. The van der Waals surface area contributed by atoms with Crippen LogP contribution in [0, 0.1) is 17.1 Å². The molecule has 5 rings (SSSR count). The van der Waals surface area contributed by atoms with E-state index < -0.39 is 17.4 Å². The molecule has 1 aromatic heterocycles. The van der Waals surface area contributed by atoms with Gasteiger partial charge in [0.1, 0.15) is 11.9 Å². The van der Waals surface area contributed by atoms with E-state index in [1.54, 1.807) is 24.3 Å². The minimum atomic E-state index is -1.53. The molecule has 0 amide bonds. The Balaban J connectivity index is 1.60. The first-order valence-corrected chi connectivity index (χ1v) is 12.0. The molecular weight excluding hydrogens is 481 g/mol. The van der Waals surface area contributed by atoms with Gasteiger partial charge in [-0.1, -0.05) is 23.7 Å². The summed E-state index contributed by atoms with van der Waals surface area (Å²) in [7, 11) is 0. The molecule has 10 heteroatoms. The van der Waals surface area contributed by atoms with Gasteiger partial charge in [0.15, 0.2) is 0 Å². The molecule has 8 nitrogen and oxygen atoms in total. The normalized spacial score (nSPS) is 17.6. The highest BCUT2D eigenvalue weighted by Crippen LogP contribution is 2.37. The number of aromatic nitrogens is 1. The maximum absolute atomic E-state index is 13.8. The SMILES string of the molecule is [2H]C(Nc1cc(Cl)c2ncc(C#N)c(NOC(C)(C)C)c2c1)(C1=CN(C2CC2)NN1)c1ccc(F)cc1. The van der Waals surface area contributed by atoms with Gasteiger partial charge in [0.05, 0.1) is 40.5 Å². The number of hydrazine groups is 2. The molecule has 4 N–H and O–H groups in total. The second-order valence-corrected chi connectivity index (χ2v) is 10.2. The topological polar surface area (TPSA) is 97.3 Å². The number of hydrogen-bond acceptors (Lipinski definition) is 8. The number of nitriles is 1. The molecule has 1 aliphatic carbocycles. The summed E-state index contributed by atoms with van der Waals surface area (Å²) in [4.78, 5) is 10.1. The smallest absolute Gasteiger partial charge is 0.123 e. The molecule has 1 aliphatic heterocycles. The largest absolute Gasteiger partial charge is 0.373 e. The molecule has 1 fully saturated rings. The molecule has 2 heterocycles. The van der Waals surface area contributed by atoms with Crippen LogP contribution in [0.1, 0.15) is 52.1 Å². The zero-order valence-corrected chi connectivity index (χ0v) is 20.9. The van der Waals surface area contributed by atoms with Crippen LogP contribution in [-0.4, -0.2) is 21.6 Å². The Morgan fingerprint density at radius 3 is 2.72 bits per heavy atom. The molecule has 186 valence electrons. The van der Waals surface area contributed by atoms with E-state index in [2.05, 4.69) is 32.8 Å². The highest BCUT2D eigenvalue weighted by atomic mass is 35.5. The van der Waals surface area contributed by atoms with E-state index in [0.29, 0.717) is 44.6 Å². The predicted octanol–water partition coefficient (Wildman–Crippen LogP) is 5.52. The molecule has 2 aliphatic rings. The van der Waals surface area contributed by atoms with Crippen LogP contribution in [0.4, 0.5) is 15.8 Å². The maximum Gasteiger partial charge on any atom is 0.123 e. The molecule has 1 unspecified atom stereocenters. The minimum Gasteiger partial charge on any atom is -0.373 e. The average molecular weight is 509 g/mol. The molecule has 0 radical (unpaired) electrons. The van der Waals surface area contributed by atoms with Crippen molar-refractivity contribution in [3.8, 4) is 6.07 Å². The van der Waals surface area contributed by atoms with Crippen LogP contribution in [0.2, 0.25) is 5.02 Å². The average Bonchev–Trinajstić information content (AvgIpc) is 3.58. The first-order valence-electron chi connectivity index (χ1n) is 12.1. The van der Waals surface area contributed by atoms with Crippen LogP contribution in [0.15, 0.2) is 54.5 Å². The van der Waals surface area contributed by atoms with E-state index in [9.17, 15) is 11.0 Å². The first-order chi connectivity index (χ1) is 17.6. The lowest BCUT2D eigenvalue weighted by molar-refractivity contribution is 0.0377. The monoisotopic (exact) mass is 508 g/mol. The molecule has 2 aromatic carbocycles. The van der Waals surface area contributed by atoms with Crippen molar-refractivity contribution in [2.45, 2.75) is 51.3 Å². The van der Waals surface area contributed by atoms with Crippen molar-refractivity contribution in [1.82, 2.24) is 21.0 Å². The Hall–Kier alpha value is -3.58. The summed E-state index contributed by atoms with van der Waals surface area (Å²) >= 11 is 6.63. The van der Waals surface area contributed by atoms with Crippen molar-refractivity contribution in [1.29, 1.82) is 5.26 Å². The molecule has 0 spiro atoms. The van der Waals surface area contributed by atoms with Gasteiger partial charge >= 0.3 is 0 Å². The van der Waals surface area contributed by atoms with E-state index in [4.69, 9.17) is 16.4 Å². The lowest BCUT2D eigenvalue weighted by atomic mass is 10.0. The van der Waals surface area contributed by atoms with Crippen LogP contribution in [0.3, 0.4) is 0 Å². The van der Waals surface area contributed by atoms with Gasteiger partial charge in [0, 0.05) is 29.5 Å². The van der Waals surface area contributed by atoms with Crippen molar-refractivity contribution >= 4 is 33.9 Å². The third kappa shape index (κ3) is 5.16. The molecule has 36 heavy (non-hydrogen) atoms. The fourth-order valence-corrected chi connectivity index (χ4v) is 4.06. The van der Waals surface area contributed by atoms with Crippen molar-refractivity contribution in [3.05, 3.63) is 76.5 Å². The first kappa shape index (κ1) is 22.9.